The van der Waals surface area contributed by atoms with Gasteiger partial charge in [-0.2, -0.15) is 0 Å². The molecule has 2 rings (SSSR count). The summed E-state index contributed by atoms with van der Waals surface area (Å²) in [7, 11) is 2.42. The number of hydrogen-bond acceptors (Lipinski definition) is 6. The molecule has 9 heteroatoms. The summed E-state index contributed by atoms with van der Waals surface area (Å²) in [6.07, 6.45) is 2.34. The Morgan fingerprint density at radius 1 is 1.06 bits per heavy atom. The van der Waals surface area contributed by atoms with Crippen LogP contribution < -0.4 is 11.2 Å². The van der Waals surface area contributed by atoms with Crippen LogP contribution in [0.5, 0.6) is 0 Å². The van der Waals surface area contributed by atoms with Crippen molar-refractivity contribution in [2.45, 2.75) is 70.4 Å². The van der Waals surface area contributed by atoms with Crippen LogP contribution in [0, 0.1) is 0 Å². The van der Waals surface area contributed by atoms with Crippen molar-refractivity contribution in [1.82, 2.24) is 9.13 Å². The molecule has 1 aliphatic heterocycles. The van der Waals surface area contributed by atoms with Crippen molar-refractivity contribution < 1.29 is 18.6 Å². The first-order chi connectivity index (χ1) is 14.5. The second-order valence-electron chi connectivity index (χ2n) is 9.15. The van der Waals surface area contributed by atoms with E-state index in [1.165, 1.54) is 11.6 Å². The minimum Gasteiger partial charge on any atom is -0.544 e. The van der Waals surface area contributed by atoms with E-state index in [1.807, 2.05) is 6.08 Å². The van der Waals surface area contributed by atoms with Gasteiger partial charge in [0.15, 0.2) is 0 Å². The molecule has 0 aromatic carbocycles. The molecule has 0 bridgehead atoms. The number of nitrogens with zero attached hydrogens (tertiary/aromatic N) is 2. The summed E-state index contributed by atoms with van der Waals surface area (Å²) < 4.78 is 26.2. The van der Waals surface area contributed by atoms with Gasteiger partial charge in [-0.05, 0) is 22.7 Å². The lowest BCUT2D eigenvalue weighted by molar-refractivity contribution is -0.0785. The van der Waals surface area contributed by atoms with Crippen molar-refractivity contribution in [3.8, 4) is 0 Å². The number of aromatic nitrogens is 2. The zero-order chi connectivity index (χ0) is 23.5. The second kappa shape index (κ2) is 10.3. The average Bonchev–Trinajstić information content (AvgIpc) is 3.08. The Balaban J connectivity index is 2.50. The summed E-state index contributed by atoms with van der Waals surface area (Å²) in [6, 6.07) is 0. The minimum absolute atomic E-state index is 0.139. The molecule has 0 saturated carbocycles. The van der Waals surface area contributed by atoms with Gasteiger partial charge in [-0.25, -0.2) is 4.79 Å². The quantitative estimate of drug-likeness (QED) is 0.307. The van der Waals surface area contributed by atoms with Crippen LogP contribution >= 0.6 is 0 Å². The fourth-order valence-electron chi connectivity index (χ4n) is 4.75. The van der Waals surface area contributed by atoms with Crippen molar-refractivity contribution >= 4 is 8.32 Å². The van der Waals surface area contributed by atoms with E-state index in [1.54, 1.807) is 20.4 Å². The normalized spacial score (nSPS) is 19.5. The third-order valence-corrected chi connectivity index (χ3v) is 12.2. The van der Waals surface area contributed by atoms with E-state index in [2.05, 4.69) is 41.5 Å². The highest BCUT2D eigenvalue weighted by Crippen LogP contribution is 2.45. The Kier molecular flexibility index (Phi) is 8.49. The van der Waals surface area contributed by atoms with Crippen molar-refractivity contribution in [3.05, 3.63) is 44.4 Å². The van der Waals surface area contributed by atoms with Crippen LogP contribution in [0.3, 0.4) is 0 Å². The third kappa shape index (κ3) is 5.05. The Morgan fingerprint density at radius 2 is 1.65 bits per heavy atom. The smallest absolute Gasteiger partial charge is 0.330 e. The molecule has 0 fully saturated rings. The molecule has 0 spiro atoms. The Hall–Kier alpha value is -1.68. The van der Waals surface area contributed by atoms with Gasteiger partial charge in [0.05, 0.1) is 12.2 Å². The van der Waals surface area contributed by atoms with Crippen LogP contribution in [0.25, 0.3) is 0 Å². The molecule has 0 saturated heterocycles. The first-order valence-electron chi connectivity index (χ1n) is 10.9. The zero-order valence-electron chi connectivity index (χ0n) is 20.3. The van der Waals surface area contributed by atoms with Gasteiger partial charge in [-0.1, -0.05) is 41.5 Å². The largest absolute Gasteiger partial charge is 0.544 e. The van der Waals surface area contributed by atoms with Crippen LogP contribution in [0.2, 0.25) is 16.6 Å². The van der Waals surface area contributed by atoms with Gasteiger partial charge in [-0.15, -0.1) is 0 Å². The van der Waals surface area contributed by atoms with E-state index in [9.17, 15) is 9.59 Å². The van der Waals surface area contributed by atoms with Gasteiger partial charge in [-0.3, -0.25) is 9.36 Å². The second-order valence-corrected chi connectivity index (χ2v) is 14.5. The summed E-state index contributed by atoms with van der Waals surface area (Å²) >= 11 is 0. The predicted molar refractivity (Wildman–Crippen MR) is 123 cm³/mol. The molecule has 0 unspecified atom stereocenters. The molecule has 0 N–H and O–H groups in total. The van der Waals surface area contributed by atoms with E-state index in [0.717, 1.165) is 4.57 Å². The van der Waals surface area contributed by atoms with E-state index < -0.39 is 20.5 Å². The van der Waals surface area contributed by atoms with Crippen LogP contribution in [-0.2, 0) is 32.7 Å². The molecule has 2 atom stereocenters. The van der Waals surface area contributed by atoms with E-state index in [-0.39, 0.29) is 24.6 Å². The van der Waals surface area contributed by atoms with Crippen molar-refractivity contribution in [3.63, 3.8) is 0 Å². The molecule has 1 aliphatic rings. The molecular formula is C22H38N2O6Si. The predicted octanol–water partition coefficient (Wildman–Crippen LogP) is 3.22. The Bertz CT molecular complexity index is 880. The lowest BCUT2D eigenvalue weighted by Gasteiger charge is -2.43. The topological polar surface area (TPSA) is 80.9 Å². The first-order valence-corrected chi connectivity index (χ1v) is 13.0. The molecule has 0 aliphatic carbocycles. The van der Waals surface area contributed by atoms with Gasteiger partial charge in [0.25, 0.3) is 13.9 Å². The summed E-state index contributed by atoms with van der Waals surface area (Å²) in [5.74, 6) is 0.708. The molecule has 1 aromatic rings. The highest BCUT2D eigenvalue weighted by molar-refractivity contribution is 6.77. The fraction of sp³-hybridized carbons (Fsp3) is 0.727. The number of hydrogen-bond donors (Lipinski definition) is 0. The van der Waals surface area contributed by atoms with Gasteiger partial charge in [0, 0.05) is 27.4 Å². The van der Waals surface area contributed by atoms with Crippen LogP contribution in [0.4, 0.5) is 0 Å². The van der Waals surface area contributed by atoms with Gasteiger partial charge in [0.1, 0.15) is 24.8 Å². The van der Waals surface area contributed by atoms with E-state index in [0.29, 0.717) is 27.9 Å². The maximum Gasteiger partial charge on any atom is 0.330 e. The average molecular weight is 455 g/mol. The summed E-state index contributed by atoms with van der Waals surface area (Å²) in [6.45, 7) is 13.7. The maximum atomic E-state index is 12.8. The Labute approximate surface area is 185 Å². The summed E-state index contributed by atoms with van der Waals surface area (Å²) in [5.41, 5.74) is 0.807. The van der Waals surface area contributed by atoms with Crippen LogP contribution in [0.15, 0.2) is 27.6 Å². The standard InChI is InChI=1S/C22H38N2O6Si/c1-14(2)31(15(3)4,16(5)6)30-19-10-18(29-20(19)12-28-13-27-9)17-11-23(7)22(26)24(8)21(17)25/h10-11,14-16,18,20H,12-13H2,1-9H3/t18-,20-/m1/s1. The van der Waals surface area contributed by atoms with E-state index >= 15 is 0 Å². The molecule has 176 valence electrons. The van der Waals surface area contributed by atoms with Crippen LogP contribution in [-0.4, -0.2) is 44.1 Å². The van der Waals surface area contributed by atoms with Gasteiger partial charge in [0.2, 0.25) is 0 Å². The molecular weight excluding hydrogens is 416 g/mol. The monoisotopic (exact) mass is 454 g/mol. The number of rotatable bonds is 10. The van der Waals surface area contributed by atoms with Crippen molar-refractivity contribution in [2.75, 3.05) is 20.5 Å². The molecule has 1 aromatic heterocycles. The van der Waals surface area contributed by atoms with Gasteiger partial charge < -0.3 is 23.2 Å². The SMILES string of the molecule is COCOC[C@H]1O[C@@H](c2cn(C)c(=O)n(C)c2=O)C=C1O[Si](C(C)C)(C(C)C)C(C)C. The molecule has 0 amide bonds. The third-order valence-electron chi connectivity index (χ3n) is 6.20. The summed E-state index contributed by atoms with van der Waals surface area (Å²) in [5, 5.41) is 0. The van der Waals surface area contributed by atoms with Crippen LogP contribution in [0.1, 0.15) is 53.2 Å². The summed E-state index contributed by atoms with van der Waals surface area (Å²) in [4.78, 5) is 24.9. The highest BCUT2D eigenvalue weighted by atomic mass is 28.4. The zero-order valence-corrected chi connectivity index (χ0v) is 21.3. The number of ether oxygens (including phenoxy) is 3. The lowest BCUT2D eigenvalue weighted by Crippen LogP contribution is -2.48. The minimum atomic E-state index is -2.23. The van der Waals surface area contributed by atoms with Crippen molar-refractivity contribution in [2.24, 2.45) is 14.1 Å². The molecule has 8 nitrogen and oxygen atoms in total. The Morgan fingerprint density at radius 3 is 2.16 bits per heavy atom. The lowest BCUT2D eigenvalue weighted by atomic mass is 10.2. The number of aryl methyl sites for hydroxylation is 1. The molecule has 2 heterocycles. The molecule has 0 radical (unpaired) electrons. The first kappa shape index (κ1) is 25.6. The molecule has 31 heavy (non-hydrogen) atoms. The number of methoxy groups -OCH3 is 1. The highest BCUT2D eigenvalue weighted by Gasteiger charge is 2.49. The van der Waals surface area contributed by atoms with Crippen molar-refractivity contribution in [1.29, 1.82) is 0 Å². The van der Waals surface area contributed by atoms with E-state index in [4.69, 9.17) is 18.6 Å². The fourth-order valence-corrected chi connectivity index (χ4v) is 10.1. The van der Waals surface area contributed by atoms with Gasteiger partial charge >= 0.3 is 5.69 Å². The maximum absolute atomic E-state index is 12.8.